The monoisotopic (exact) mass is 283 g/mol. The maximum Gasteiger partial charge on any atom is 0.0727 e. The molecule has 1 aromatic heterocycles. The summed E-state index contributed by atoms with van der Waals surface area (Å²) in [7, 11) is 0. The van der Waals surface area contributed by atoms with Gasteiger partial charge in [0.2, 0.25) is 0 Å². The fourth-order valence-corrected chi connectivity index (χ4v) is 2.93. The van der Waals surface area contributed by atoms with Crippen LogP contribution >= 0.6 is 11.3 Å². The fraction of sp³-hybridized carbons (Fsp3) is 0.750. The highest BCUT2D eigenvalue weighted by Crippen LogP contribution is 2.22. The molecule has 0 amide bonds. The Morgan fingerprint density at radius 3 is 2.74 bits per heavy atom. The lowest BCUT2D eigenvalue weighted by Gasteiger charge is -2.05. The molecule has 19 heavy (non-hydrogen) atoms. The lowest BCUT2D eigenvalue weighted by Crippen LogP contribution is -2.21. The third-order valence-corrected chi connectivity index (χ3v) is 4.25. The van der Waals surface area contributed by atoms with Crippen molar-refractivity contribution in [2.24, 2.45) is 0 Å². The highest BCUT2D eigenvalue weighted by Gasteiger charge is 2.06. The van der Waals surface area contributed by atoms with Gasteiger partial charge in [-0.15, -0.1) is 11.3 Å². The minimum Gasteiger partial charge on any atom is -0.377 e. The third-order valence-electron chi connectivity index (χ3n) is 3.16. The van der Waals surface area contributed by atoms with Gasteiger partial charge in [-0.25, -0.2) is 0 Å². The van der Waals surface area contributed by atoms with Crippen LogP contribution in [0, 0.1) is 6.92 Å². The Bertz CT molecular complexity index is 347. The summed E-state index contributed by atoms with van der Waals surface area (Å²) in [6.07, 6.45) is 5.10. The van der Waals surface area contributed by atoms with E-state index in [0.717, 1.165) is 19.8 Å². The minimum atomic E-state index is 0.542. The molecule has 0 fully saturated rings. The molecule has 1 N–H and O–H groups in total. The normalized spacial score (nSPS) is 11.4. The maximum atomic E-state index is 5.77. The Labute approximate surface area is 122 Å². The van der Waals surface area contributed by atoms with Crippen molar-refractivity contribution in [2.45, 2.75) is 72.6 Å². The van der Waals surface area contributed by atoms with E-state index in [-0.39, 0.29) is 0 Å². The first kappa shape index (κ1) is 16.7. The lowest BCUT2D eigenvalue weighted by atomic mass is 10.2. The SMILES string of the molecule is CCCCCCOCc1cc(CNC(C)C)sc1C. The molecule has 0 saturated heterocycles. The third kappa shape index (κ3) is 7.09. The van der Waals surface area contributed by atoms with Crippen molar-refractivity contribution in [3.05, 3.63) is 21.4 Å². The average Bonchev–Trinajstić information content (AvgIpc) is 2.72. The summed E-state index contributed by atoms with van der Waals surface area (Å²) in [6.45, 7) is 11.4. The summed E-state index contributed by atoms with van der Waals surface area (Å²) >= 11 is 1.89. The van der Waals surface area contributed by atoms with Crippen LogP contribution in [0.2, 0.25) is 0 Å². The molecule has 1 aromatic rings. The van der Waals surface area contributed by atoms with E-state index >= 15 is 0 Å². The van der Waals surface area contributed by atoms with E-state index in [2.05, 4.69) is 39.1 Å². The highest BCUT2D eigenvalue weighted by molar-refractivity contribution is 7.12. The number of hydrogen-bond acceptors (Lipinski definition) is 3. The smallest absolute Gasteiger partial charge is 0.0727 e. The second kappa shape index (κ2) is 9.51. The number of ether oxygens (including phenoxy) is 1. The van der Waals surface area contributed by atoms with Crippen molar-refractivity contribution in [3.8, 4) is 0 Å². The number of thiophene rings is 1. The van der Waals surface area contributed by atoms with E-state index in [1.54, 1.807) is 0 Å². The summed E-state index contributed by atoms with van der Waals surface area (Å²) in [6, 6.07) is 2.84. The van der Waals surface area contributed by atoms with Gasteiger partial charge in [0.1, 0.15) is 0 Å². The molecule has 2 nitrogen and oxygen atoms in total. The molecule has 0 saturated carbocycles. The van der Waals surface area contributed by atoms with E-state index in [1.807, 2.05) is 11.3 Å². The van der Waals surface area contributed by atoms with Gasteiger partial charge >= 0.3 is 0 Å². The summed E-state index contributed by atoms with van der Waals surface area (Å²) in [5.41, 5.74) is 1.36. The molecule has 1 rings (SSSR count). The number of unbranched alkanes of at least 4 members (excludes halogenated alkanes) is 3. The van der Waals surface area contributed by atoms with Crippen LogP contribution < -0.4 is 5.32 Å². The summed E-state index contributed by atoms with van der Waals surface area (Å²) in [5.74, 6) is 0. The Kier molecular flexibility index (Phi) is 8.35. The quantitative estimate of drug-likeness (QED) is 0.631. The van der Waals surface area contributed by atoms with E-state index in [4.69, 9.17) is 4.74 Å². The predicted molar refractivity (Wildman–Crippen MR) is 84.8 cm³/mol. The first-order chi connectivity index (χ1) is 9.13. The van der Waals surface area contributed by atoms with Gasteiger partial charge in [0, 0.05) is 28.9 Å². The molecule has 0 aromatic carbocycles. The van der Waals surface area contributed by atoms with Crippen LogP contribution in [0.15, 0.2) is 6.07 Å². The molecule has 0 unspecified atom stereocenters. The Hall–Kier alpha value is -0.380. The minimum absolute atomic E-state index is 0.542. The van der Waals surface area contributed by atoms with Crippen LogP contribution in [0.4, 0.5) is 0 Å². The summed E-state index contributed by atoms with van der Waals surface area (Å²) in [4.78, 5) is 2.81. The van der Waals surface area contributed by atoms with Gasteiger partial charge < -0.3 is 10.1 Å². The van der Waals surface area contributed by atoms with Crippen LogP contribution in [-0.2, 0) is 17.9 Å². The van der Waals surface area contributed by atoms with Gasteiger partial charge in [0.05, 0.1) is 6.61 Å². The molecule has 0 aliphatic heterocycles. The van der Waals surface area contributed by atoms with Crippen LogP contribution in [0.3, 0.4) is 0 Å². The first-order valence-corrected chi connectivity index (χ1v) is 8.34. The molecular formula is C16H29NOS. The zero-order chi connectivity index (χ0) is 14.1. The topological polar surface area (TPSA) is 21.3 Å². The molecule has 0 aliphatic rings. The molecule has 1 heterocycles. The average molecular weight is 283 g/mol. The van der Waals surface area contributed by atoms with E-state index in [0.29, 0.717) is 6.04 Å². The Morgan fingerprint density at radius 1 is 1.26 bits per heavy atom. The fourth-order valence-electron chi connectivity index (χ4n) is 1.94. The zero-order valence-corrected chi connectivity index (χ0v) is 13.7. The Balaban J connectivity index is 2.25. The van der Waals surface area contributed by atoms with E-state index in [9.17, 15) is 0 Å². The lowest BCUT2D eigenvalue weighted by molar-refractivity contribution is 0.116. The second-order valence-electron chi connectivity index (χ2n) is 5.44. The largest absolute Gasteiger partial charge is 0.377 e. The molecule has 0 spiro atoms. The van der Waals surface area contributed by atoms with Crippen LogP contribution in [0.25, 0.3) is 0 Å². The van der Waals surface area contributed by atoms with Crippen molar-refractivity contribution in [2.75, 3.05) is 6.61 Å². The van der Waals surface area contributed by atoms with E-state index < -0.39 is 0 Å². The number of rotatable bonds is 10. The van der Waals surface area contributed by atoms with Gasteiger partial charge in [0.25, 0.3) is 0 Å². The molecule has 110 valence electrons. The number of nitrogens with one attached hydrogen (secondary N) is 1. The van der Waals surface area contributed by atoms with Crippen LogP contribution in [0.5, 0.6) is 0 Å². The zero-order valence-electron chi connectivity index (χ0n) is 12.9. The standard InChI is InChI=1S/C16H29NOS/c1-5-6-7-8-9-18-12-15-10-16(19-14(15)4)11-17-13(2)3/h10,13,17H,5-9,11-12H2,1-4H3. The first-order valence-electron chi connectivity index (χ1n) is 7.52. The number of hydrogen-bond donors (Lipinski definition) is 1. The van der Waals surface area contributed by atoms with Gasteiger partial charge in [-0.1, -0.05) is 40.0 Å². The molecule has 0 aliphatic carbocycles. The van der Waals surface area contributed by atoms with Crippen molar-refractivity contribution in [1.29, 1.82) is 0 Å². The predicted octanol–water partition coefficient (Wildman–Crippen LogP) is 4.65. The highest BCUT2D eigenvalue weighted by atomic mass is 32.1. The number of aryl methyl sites for hydroxylation is 1. The molecule has 0 radical (unpaired) electrons. The van der Waals surface area contributed by atoms with Crippen molar-refractivity contribution < 1.29 is 4.74 Å². The van der Waals surface area contributed by atoms with Crippen molar-refractivity contribution in [3.63, 3.8) is 0 Å². The van der Waals surface area contributed by atoms with Gasteiger partial charge in [-0.2, -0.15) is 0 Å². The Morgan fingerprint density at radius 2 is 2.05 bits per heavy atom. The van der Waals surface area contributed by atoms with Gasteiger partial charge in [-0.3, -0.25) is 0 Å². The van der Waals surface area contributed by atoms with Crippen LogP contribution in [0.1, 0.15) is 61.8 Å². The molecule has 0 bridgehead atoms. The molecular weight excluding hydrogens is 254 g/mol. The molecule has 3 heteroatoms. The maximum absolute atomic E-state index is 5.77. The molecule has 0 atom stereocenters. The van der Waals surface area contributed by atoms with Crippen molar-refractivity contribution >= 4 is 11.3 Å². The van der Waals surface area contributed by atoms with Crippen LogP contribution in [-0.4, -0.2) is 12.6 Å². The van der Waals surface area contributed by atoms with E-state index in [1.165, 1.54) is 41.0 Å². The summed E-state index contributed by atoms with van der Waals surface area (Å²) < 4.78 is 5.77. The summed E-state index contributed by atoms with van der Waals surface area (Å²) in [5, 5.41) is 3.46. The second-order valence-corrected chi connectivity index (χ2v) is 6.78. The van der Waals surface area contributed by atoms with Crippen molar-refractivity contribution in [1.82, 2.24) is 5.32 Å². The van der Waals surface area contributed by atoms with Gasteiger partial charge in [-0.05, 0) is 25.0 Å². The van der Waals surface area contributed by atoms with Gasteiger partial charge in [0.15, 0.2) is 0 Å².